The van der Waals surface area contributed by atoms with Crippen LogP contribution in [0.25, 0.3) is 0 Å². The fourth-order valence-corrected chi connectivity index (χ4v) is 4.11. The second kappa shape index (κ2) is 5.18. The van der Waals surface area contributed by atoms with Gasteiger partial charge in [-0.3, -0.25) is 4.90 Å². The van der Waals surface area contributed by atoms with Crippen LogP contribution in [0.2, 0.25) is 0 Å². The molecule has 1 aromatic carbocycles. The first-order chi connectivity index (χ1) is 10.6. The highest BCUT2D eigenvalue weighted by molar-refractivity contribution is 9.10. The van der Waals surface area contributed by atoms with Crippen LogP contribution in [0.15, 0.2) is 39.5 Å². The van der Waals surface area contributed by atoms with E-state index in [2.05, 4.69) is 57.2 Å². The molecule has 2 aliphatic rings. The van der Waals surface area contributed by atoms with E-state index in [4.69, 9.17) is 4.52 Å². The molecule has 3 atom stereocenters. The van der Waals surface area contributed by atoms with Crippen LogP contribution in [0.1, 0.15) is 29.4 Å². The fourth-order valence-electron chi connectivity index (χ4n) is 3.82. The zero-order valence-electron chi connectivity index (χ0n) is 12.5. The molecule has 0 bridgehead atoms. The molecule has 0 amide bonds. The smallest absolute Gasteiger partial charge is 0.167 e. The standard InChI is InChI=1S/C17H19BrN2O2/c1-11-2-4-12(5-3-11)17-7-13(17)8-20(10-17)9-14(21)15-6-16(18)19-22-15/h2-6,13-14,21H,7-10H2,1H3/t13-,14?,17+/m0/s1. The van der Waals surface area contributed by atoms with Crippen LogP contribution in [-0.4, -0.2) is 34.8 Å². The summed E-state index contributed by atoms with van der Waals surface area (Å²) in [6.07, 6.45) is 0.655. The second-order valence-electron chi connectivity index (χ2n) is 6.69. The van der Waals surface area contributed by atoms with Gasteiger partial charge in [-0.2, -0.15) is 0 Å². The molecule has 1 saturated carbocycles. The van der Waals surface area contributed by atoms with Gasteiger partial charge in [0.1, 0.15) is 10.7 Å². The summed E-state index contributed by atoms with van der Waals surface area (Å²) in [4.78, 5) is 2.34. The molecule has 0 spiro atoms. The Kier molecular flexibility index (Phi) is 3.40. The van der Waals surface area contributed by atoms with Crippen molar-refractivity contribution in [2.24, 2.45) is 5.92 Å². The number of rotatable bonds is 4. The van der Waals surface area contributed by atoms with Crippen molar-refractivity contribution in [3.8, 4) is 0 Å². The minimum absolute atomic E-state index is 0.315. The van der Waals surface area contributed by atoms with Crippen LogP contribution in [0.5, 0.6) is 0 Å². The number of aromatic nitrogens is 1. The average Bonchev–Trinajstić information content (AvgIpc) is 2.84. The first-order valence-electron chi connectivity index (χ1n) is 7.66. The Hall–Kier alpha value is -1.17. The topological polar surface area (TPSA) is 49.5 Å². The molecule has 0 radical (unpaired) electrons. The summed E-state index contributed by atoms with van der Waals surface area (Å²) in [6, 6.07) is 10.7. The largest absolute Gasteiger partial charge is 0.384 e. The Morgan fingerprint density at radius 2 is 2.23 bits per heavy atom. The van der Waals surface area contributed by atoms with E-state index < -0.39 is 6.10 Å². The third kappa shape index (κ3) is 2.41. The van der Waals surface area contributed by atoms with E-state index in [0.29, 0.717) is 22.3 Å². The lowest BCUT2D eigenvalue weighted by Crippen LogP contribution is -2.30. The van der Waals surface area contributed by atoms with Crippen molar-refractivity contribution < 1.29 is 9.63 Å². The predicted molar refractivity (Wildman–Crippen MR) is 86.6 cm³/mol. The van der Waals surface area contributed by atoms with Crippen molar-refractivity contribution in [3.63, 3.8) is 0 Å². The van der Waals surface area contributed by atoms with Crippen LogP contribution in [0, 0.1) is 12.8 Å². The normalized spacial score (nSPS) is 28.6. The molecular weight excluding hydrogens is 344 g/mol. The third-order valence-corrected chi connectivity index (χ3v) is 5.48. The molecule has 1 unspecified atom stereocenters. The van der Waals surface area contributed by atoms with Gasteiger partial charge < -0.3 is 9.63 Å². The Morgan fingerprint density at radius 3 is 2.91 bits per heavy atom. The number of piperidine rings is 1. The molecule has 1 aliphatic heterocycles. The number of likely N-dealkylation sites (tertiary alicyclic amines) is 1. The Labute approximate surface area is 138 Å². The van der Waals surface area contributed by atoms with E-state index in [-0.39, 0.29) is 0 Å². The summed E-state index contributed by atoms with van der Waals surface area (Å²) in [7, 11) is 0. The van der Waals surface area contributed by atoms with Crippen molar-refractivity contribution in [1.82, 2.24) is 10.1 Å². The number of aliphatic hydroxyl groups excluding tert-OH is 1. The van der Waals surface area contributed by atoms with Crippen molar-refractivity contribution >= 4 is 15.9 Å². The predicted octanol–water partition coefficient (Wildman–Crippen LogP) is 3.05. The van der Waals surface area contributed by atoms with Crippen molar-refractivity contribution in [3.05, 3.63) is 51.8 Å². The maximum atomic E-state index is 10.3. The van der Waals surface area contributed by atoms with Crippen LogP contribution < -0.4 is 0 Å². The highest BCUT2D eigenvalue weighted by Crippen LogP contribution is 2.59. The van der Waals surface area contributed by atoms with E-state index >= 15 is 0 Å². The molecule has 5 heteroatoms. The first-order valence-corrected chi connectivity index (χ1v) is 8.46. The Bertz CT molecular complexity index is 684. The van der Waals surface area contributed by atoms with Crippen molar-refractivity contribution in [2.75, 3.05) is 19.6 Å². The van der Waals surface area contributed by atoms with Crippen LogP contribution >= 0.6 is 15.9 Å². The van der Waals surface area contributed by atoms with Gasteiger partial charge >= 0.3 is 0 Å². The van der Waals surface area contributed by atoms with E-state index in [1.807, 2.05) is 0 Å². The summed E-state index contributed by atoms with van der Waals surface area (Å²) in [5.74, 6) is 1.25. The van der Waals surface area contributed by atoms with Gasteiger partial charge in [0.05, 0.1) is 0 Å². The SMILES string of the molecule is Cc1ccc([C@]23C[C@H]2CN(CC(O)c2cc(Br)no2)C3)cc1. The maximum Gasteiger partial charge on any atom is 0.167 e. The van der Waals surface area contributed by atoms with Crippen LogP contribution in [-0.2, 0) is 5.41 Å². The number of aliphatic hydroxyl groups is 1. The molecule has 1 saturated heterocycles. The third-order valence-electron chi connectivity index (χ3n) is 5.10. The summed E-state index contributed by atoms with van der Waals surface area (Å²) < 4.78 is 5.75. The molecular formula is C17H19BrN2O2. The van der Waals surface area contributed by atoms with Gasteiger partial charge in [-0.15, -0.1) is 0 Å². The monoisotopic (exact) mass is 362 g/mol. The Balaban J connectivity index is 1.44. The van der Waals surface area contributed by atoms with Gasteiger partial charge in [0.15, 0.2) is 5.76 Å². The lowest BCUT2D eigenvalue weighted by Gasteiger charge is -2.22. The summed E-state index contributed by atoms with van der Waals surface area (Å²) >= 11 is 3.25. The van der Waals surface area contributed by atoms with Crippen molar-refractivity contribution in [2.45, 2.75) is 24.9 Å². The number of hydrogen-bond donors (Lipinski definition) is 1. The maximum absolute atomic E-state index is 10.3. The van der Waals surface area contributed by atoms with Gasteiger partial charge in [-0.05, 0) is 40.8 Å². The van der Waals surface area contributed by atoms with Gasteiger partial charge in [0.25, 0.3) is 0 Å². The van der Waals surface area contributed by atoms with E-state index in [1.165, 1.54) is 17.5 Å². The lowest BCUT2D eigenvalue weighted by atomic mass is 9.94. The number of aryl methyl sites for hydroxylation is 1. The highest BCUT2D eigenvalue weighted by Gasteiger charge is 2.60. The summed E-state index contributed by atoms with van der Waals surface area (Å²) in [5.41, 5.74) is 3.07. The minimum atomic E-state index is -0.619. The number of fused-ring (bicyclic) bond motifs is 1. The number of benzene rings is 1. The van der Waals surface area contributed by atoms with Crippen LogP contribution in [0.4, 0.5) is 0 Å². The molecule has 22 heavy (non-hydrogen) atoms. The second-order valence-corrected chi connectivity index (χ2v) is 7.50. The molecule has 2 heterocycles. The van der Waals surface area contributed by atoms with Crippen molar-refractivity contribution in [1.29, 1.82) is 0 Å². The molecule has 4 nitrogen and oxygen atoms in total. The van der Waals surface area contributed by atoms with Crippen LogP contribution in [0.3, 0.4) is 0 Å². The number of hydrogen-bond acceptors (Lipinski definition) is 4. The molecule has 1 aromatic heterocycles. The minimum Gasteiger partial charge on any atom is -0.384 e. The lowest BCUT2D eigenvalue weighted by molar-refractivity contribution is 0.0929. The van der Waals surface area contributed by atoms with Gasteiger partial charge in [0, 0.05) is 31.1 Å². The number of nitrogens with zero attached hydrogens (tertiary/aromatic N) is 2. The average molecular weight is 363 g/mol. The molecule has 4 rings (SSSR count). The summed E-state index contributed by atoms with van der Waals surface area (Å²) in [5, 5.41) is 14.1. The highest BCUT2D eigenvalue weighted by atomic mass is 79.9. The van der Waals surface area contributed by atoms with E-state index in [9.17, 15) is 5.11 Å². The molecule has 1 N–H and O–H groups in total. The number of halogens is 1. The summed E-state index contributed by atoms with van der Waals surface area (Å²) in [6.45, 7) is 4.80. The Morgan fingerprint density at radius 1 is 1.45 bits per heavy atom. The molecule has 2 fully saturated rings. The zero-order chi connectivity index (χ0) is 15.3. The quantitative estimate of drug-likeness (QED) is 0.907. The molecule has 116 valence electrons. The van der Waals surface area contributed by atoms with Gasteiger partial charge in [-0.1, -0.05) is 35.0 Å². The van der Waals surface area contributed by atoms with E-state index in [1.54, 1.807) is 6.07 Å². The van der Waals surface area contributed by atoms with E-state index in [0.717, 1.165) is 19.0 Å². The van der Waals surface area contributed by atoms with Gasteiger partial charge in [-0.25, -0.2) is 0 Å². The molecule has 1 aliphatic carbocycles. The molecule has 2 aromatic rings. The fraction of sp³-hybridized carbons (Fsp3) is 0.471. The zero-order valence-corrected chi connectivity index (χ0v) is 14.1. The first kappa shape index (κ1) is 14.4. The van der Waals surface area contributed by atoms with Gasteiger partial charge in [0.2, 0.25) is 0 Å². The number of β-amino-alcohol motifs (C(OH)–C–C–N with tert-alkyl or cyclic N) is 1.